The van der Waals surface area contributed by atoms with Gasteiger partial charge < -0.3 is 5.11 Å². The van der Waals surface area contributed by atoms with Crippen molar-refractivity contribution in [2.24, 2.45) is 11.8 Å². The second-order valence-corrected chi connectivity index (χ2v) is 11.5. The number of aryl methyl sites for hydroxylation is 2. The summed E-state index contributed by atoms with van der Waals surface area (Å²) >= 11 is 20.9. The molecule has 6 rings (SSSR count). The Morgan fingerprint density at radius 2 is 1.29 bits per heavy atom. The molecule has 2 aliphatic rings. The van der Waals surface area contributed by atoms with Gasteiger partial charge in [-0.05, 0) is 61.3 Å². The molecule has 12 heteroatoms. The van der Waals surface area contributed by atoms with E-state index in [1.54, 1.807) is 11.3 Å². The topological polar surface area (TPSA) is 106 Å². The predicted octanol–water partition coefficient (Wildman–Crippen LogP) is 5.75. The number of rotatable bonds is 2. The summed E-state index contributed by atoms with van der Waals surface area (Å²) < 4.78 is 0. The van der Waals surface area contributed by atoms with Gasteiger partial charge in [-0.15, -0.1) is 22.7 Å². The van der Waals surface area contributed by atoms with Gasteiger partial charge in [0.2, 0.25) is 5.24 Å². The first-order chi connectivity index (χ1) is 16.3. The highest BCUT2D eigenvalue weighted by atomic mass is 35.5. The lowest BCUT2D eigenvalue weighted by molar-refractivity contribution is -0.142. The number of carboxylic acid groups (broad SMARTS) is 1. The van der Waals surface area contributed by atoms with Crippen LogP contribution in [0.1, 0.15) is 33.7 Å². The van der Waals surface area contributed by atoms with Crippen molar-refractivity contribution in [3.63, 3.8) is 0 Å². The zero-order valence-electron chi connectivity index (χ0n) is 17.6. The molecule has 0 bridgehead atoms. The summed E-state index contributed by atoms with van der Waals surface area (Å²) in [6.45, 7) is 0. The molecule has 4 aromatic heterocycles. The number of carboxylic acids is 1. The van der Waals surface area contributed by atoms with E-state index >= 15 is 0 Å². The number of thiophene rings is 2. The molecule has 4 heterocycles. The van der Waals surface area contributed by atoms with E-state index in [4.69, 9.17) is 39.9 Å². The quantitative estimate of drug-likeness (QED) is 0.248. The molecule has 0 aliphatic heterocycles. The smallest absolute Gasteiger partial charge is 0.306 e. The largest absolute Gasteiger partial charge is 0.481 e. The standard InChI is InChI=1S/C11H8Cl2N2OS.C11H9ClN2O2S/c12-9-8-6-2-1-5(10(13)16)3-7(6)17-11(8)15-4-14-9;12-9-8-6-2-1-5(11(15)16)3-7(6)17-10(8)14-4-13-9/h4-5H,1-3H2;4-5H,1-3H2,(H,15,16). The van der Waals surface area contributed by atoms with Crippen LogP contribution in [0.4, 0.5) is 0 Å². The highest BCUT2D eigenvalue weighted by Crippen LogP contribution is 2.40. The maximum absolute atomic E-state index is 11.2. The van der Waals surface area contributed by atoms with Crippen LogP contribution in [0.5, 0.6) is 0 Å². The minimum absolute atomic E-state index is 0.0658. The van der Waals surface area contributed by atoms with Crippen LogP contribution in [0.2, 0.25) is 10.3 Å². The average Bonchev–Trinajstić information content (AvgIpc) is 3.37. The van der Waals surface area contributed by atoms with Crippen molar-refractivity contribution in [3.05, 3.63) is 43.8 Å². The molecule has 4 aromatic rings. The SMILES string of the molecule is O=C(Cl)C1CCc2c(sc3ncnc(Cl)c23)C1.O=C(O)C1CCc2c(sc3ncnc(Cl)c23)C1. The normalized spacial score (nSPS) is 19.3. The summed E-state index contributed by atoms with van der Waals surface area (Å²) in [6.07, 6.45) is 7.23. The third-order valence-corrected chi connectivity index (χ3v) is 9.47. The molecule has 2 unspecified atom stereocenters. The summed E-state index contributed by atoms with van der Waals surface area (Å²) in [4.78, 5) is 42.6. The van der Waals surface area contributed by atoms with Crippen molar-refractivity contribution in [2.45, 2.75) is 38.5 Å². The second-order valence-electron chi connectivity index (χ2n) is 8.22. The van der Waals surface area contributed by atoms with Crippen molar-refractivity contribution < 1.29 is 14.7 Å². The molecule has 7 nitrogen and oxygen atoms in total. The van der Waals surface area contributed by atoms with E-state index < -0.39 is 5.97 Å². The molecule has 0 fully saturated rings. The van der Waals surface area contributed by atoms with Gasteiger partial charge in [-0.1, -0.05) is 23.2 Å². The zero-order chi connectivity index (χ0) is 24.0. The Hall–Kier alpha value is -1.91. The monoisotopic (exact) mass is 554 g/mol. The van der Waals surface area contributed by atoms with Gasteiger partial charge in [-0.2, -0.15) is 0 Å². The van der Waals surface area contributed by atoms with Crippen molar-refractivity contribution in [2.75, 3.05) is 0 Å². The highest BCUT2D eigenvalue weighted by molar-refractivity contribution is 7.19. The number of halogens is 3. The number of hydrogen-bond donors (Lipinski definition) is 1. The van der Waals surface area contributed by atoms with Crippen LogP contribution >= 0.6 is 57.5 Å². The van der Waals surface area contributed by atoms with Crippen LogP contribution in [-0.4, -0.2) is 36.3 Å². The Morgan fingerprint density at radius 3 is 1.76 bits per heavy atom. The van der Waals surface area contributed by atoms with Crippen LogP contribution in [0.3, 0.4) is 0 Å². The first-order valence-corrected chi connectivity index (χ1v) is 13.3. The minimum Gasteiger partial charge on any atom is -0.481 e. The number of hydrogen-bond acceptors (Lipinski definition) is 8. The van der Waals surface area contributed by atoms with Gasteiger partial charge in [0.15, 0.2) is 0 Å². The molecule has 0 saturated carbocycles. The van der Waals surface area contributed by atoms with Crippen LogP contribution in [0.25, 0.3) is 20.4 Å². The van der Waals surface area contributed by atoms with Gasteiger partial charge in [0, 0.05) is 15.7 Å². The lowest BCUT2D eigenvalue weighted by atomic mass is 9.88. The van der Waals surface area contributed by atoms with Gasteiger partial charge in [0.1, 0.15) is 32.6 Å². The number of carbonyl (C=O) groups excluding carboxylic acids is 1. The molecule has 0 amide bonds. The Kier molecular flexibility index (Phi) is 6.74. The molecular weight excluding hydrogens is 539 g/mol. The van der Waals surface area contributed by atoms with Gasteiger partial charge in [-0.25, -0.2) is 19.9 Å². The van der Waals surface area contributed by atoms with Gasteiger partial charge in [0.05, 0.1) is 16.7 Å². The lowest BCUT2D eigenvalue weighted by Crippen LogP contribution is -2.20. The van der Waals surface area contributed by atoms with E-state index in [2.05, 4.69) is 19.9 Å². The first kappa shape index (κ1) is 23.8. The predicted molar refractivity (Wildman–Crippen MR) is 134 cm³/mol. The molecule has 0 aromatic carbocycles. The maximum Gasteiger partial charge on any atom is 0.306 e. The van der Waals surface area contributed by atoms with Crippen molar-refractivity contribution in [3.8, 4) is 0 Å². The van der Waals surface area contributed by atoms with E-state index in [9.17, 15) is 9.59 Å². The number of fused-ring (bicyclic) bond motifs is 6. The minimum atomic E-state index is -0.717. The fourth-order valence-corrected chi connectivity index (χ4v) is 7.87. The van der Waals surface area contributed by atoms with E-state index in [0.717, 1.165) is 50.1 Å². The lowest BCUT2D eigenvalue weighted by Gasteiger charge is -2.18. The van der Waals surface area contributed by atoms with E-state index in [1.807, 2.05) is 0 Å². The molecule has 0 radical (unpaired) electrons. The number of aromatic nitrogens is 4. The molecular formula is C22H17Cl3N4O3S2. The zero-order valence-corrected chi connectivity index (χ0v) is 21.5. The highest BCUT2D eigenvalue weighted by Gasteiger charge is 2.29. The summed E-state index contributed by atoms with van der Waals surface area (Å²) in [7, 11) is 0. The number of nitrogens with zero attached hydrogens (tertiary/aromatic N) is 4. The van der Waals surface area contributed by atoms with Crippen LogP contribution in [0.15, 0.2) is 12.7 Å². The average molecular weight is 556 g/mol. The van der Waals surface area contributed by atoms with E-state index in [1.165, 1.54) is 34.4 Å². The van der Waals surface area contributed by atoms with Crippen molar-refractivity contribution in [1.29, 1.82) is 0 Å². The molecule has 2 atom stereocenters. The van der Waals surface area contributed by atoms with Crippen LogP contribution < -0.4 is 0 Å². The van der Waals surface area contributed by atoms with Crippen molar-refractivity contribution in [1.82, 2.24) is 19.9 Å². The van der Waals surface area contributed by atoms with Crippen molar-refractivity contribution >= 4 is 89.1 Å². The third-order valence-electron chi connectivity index (χ3n) is 6.27. The second kappa shape index (κ2) is 9.62. The summed E-state index contributed by atoms with van der Waals surface area (Å²) in [5, 5.41) is 11.6. The maximum atomic E-state index is 11.2. The van der Waals surface area contributed by atoms with Gasteiger partial charge in [-0.3, -0.25) is 9.59 Å². The fourth-order valence-electron chi connectivity index (χ4n) is 4.55. The Labute approximate surface area is 217 Å². The molecule has 0 spiro atoms. The molecule has 2 aliphatic carbocycles. The first-order valence-electron chi connectivity index (χ1n) is 10.6. The number of carbonyl (C=O) groups is 2. The third kappa shape index (κ3) is 4.40. The van der Waals surface area contributed by atoms with Crippen LogP contribution in [0, 0.1) is 11.8 Å². The Bertz CT molecular complexity index is 1330. The van der Waals surface area contributed by atoms with Crippen LogP contribution in [-0.2, 0) is 35.3 Å². The number of aliphatic carboxylic acids is 1. The van der Waals surface area contributed by atoms with E-state index in [0.29, 0.717) is 29.6 Å². The molecule has 34 heavy (non-hydrogen) atoms. The van der Waals surface area contributed by atoms with Gasteiger partial charge in [0.25, 0.3) is 0 Å². The van der Waals surface area contributed by atoms with E-state index in [-0.39, 0.29) is 17.1 Å². The molecule has 176 valence electrons. The summed E-state index contributed by atoms with van der Waals surface area (Å²) in [5.74, 6) is -1.06. The molecule has 0 saturated heterocycles. The molecule has 1 N–H and O–H groups in total. The Balaban J connectivity index is 0.000000142. The fraction of sp³-hybridized carbons (Fsp3) is 0.364. The van der Waals surface area contributed by atoms with Gasteiger partial charge >= 0.3 is 5.97 Å². The summed E-state index contributed by atoms with van der Waals surface area (Å²) in [5.41, 5.74) is 2.35. The summed E-state index contributed by atoms with van der Waals surface area (Å²) in [6, 6.07) is 0. The Morgan fingerprint density at radius 1 is 0.824 bits per heavy atom.